The van der Waals surface area contributed by atoms with E-state index in [1.54, 1.807) is 18.4 Å². The molecule has 5 rings (SSSR count). The number of imidazole rings is 2. The number of aryl methyl sites for hydroxylation is 1. The van der Waals surface area contributed by atoms with E-state index in [1.807, 2.05) is 11.7 Å². The summed E-state index contributed by atoms with van der Waals surface area (Å²) in [7, 11) is 1.71. The Balaban J connectivity index is 1.60. The Morgan fingerprint density at radius 3 is 2.93 bits per heavy atom. The summed E-state index contributed by atoms with van der Waals surface area (Å²) < 4.78 is 8.66. The summed E-state index contributed by atoms with van der Waals surface area (Å²) in [5.74, 6) is 1.68. The number of nitrogens with one attached hydrogen (secondary N) is 1. The van der Waals surface area contributed by atoms with E-state index in [4.69, 9.17) is 9.72 Å². The molecule has 0 aliphatic heterocycles. The molecule has 0 saturated heterocycles. The molecule has 3 aromatic heterocycles. The van der Waals surface area contributed by atoms with Crippen molar-refractivity contribution in [3.8, 4) is 22.9 Å². The van der Waals surface area contributed by atoms with Crippen molar-refractivity contribution in [3.63, 3.8) is 0 Å². The number of hydrogen-bond donors (Lipinski definition) is 1. The third-order valence-electron chi connectivity index (χ3n) is 4.84. The number of H-pyrrole nitrogens is 1. The van der Waals surface area contributed by atoms with E-state index in [1.165, 1.54) is 10.3 Å². The van der Waals surface area contributed by atoms with Crippen LogP contribution in [0.4, 0.5) is 0 Å². The van der Waals surface area contributed by atoms with Crippen LogP contribution in [-0.2, 0) is 11.3 Å². The Labute approximate surface area is 165 Å². The van der Waals surface area contributed by atoms with E-state index in [9.17, 15) is 0 Å². The normalized spacial score (nSPS) is 11.6. The second-order valence-electron chi connectivity index (χ2n) is 6.75. The molecule has 5 aromatic rings. The molecule has 0 atom stereocenters. The number of aromatic nitrogens is 5. The van der Waals surface area contributed by atoms with Crippen LogP contribution in [0.3, 0.4) is 0 Å². The fourth-order valence-corrected chi connectivity index (χ4v) is 4.10. The Morgan fingerprint density at radius 2 is 2.04 bits per heavy atom. The lowest BCUT2D eigenvalue weighted by atomic mass is 10.2. The number of rotatable bonds is 5. The zero-order chi connectivity index (χ0) is 19.1. The zero-order valence-corrected chi connectivity index (χ0v) is 16.5. The highest BCUT2D eigenvalue weighted by atomic mass is 32.1. The predicted octanol–water partition coefficient (Wildman–Crippen LogP) is 4.66. The van der Waals surface area contributed by atoms with Gasteiger partial charge in [0.1, 0.15) is 11.5 Å². The molecular formula is C21H19N5OS. The van der Waals surface area contributed by atoms with E-state index >= 15 is 0 Å². The van der Waals surface area contributed by atoms with E-state index in [0.717, 1.165) is 46.0 Å². The lowest BCUT2D eigenvalue weighted by molar-refractivity contribution is 0.188. The SMILES string of the molecule is COCCn1c(-c2cnc(-c3ccc4scnc4c3)[nH]2)nc2cc(C)ccc21. The highest BCUT2D eigenvalue weighted by Gasteiger charge is 2.15. The number of nitrogens with zero attached hydrogens (tertiary/aromatic N) is 4. The Hall–Kier alpha value is -3.03. The van der Waals surface area contributed by atoms with E-state index < -0.39 is 0 Å². The van der Waals surface area contributed by atoms with Gasteiger partial charge in [0.05, 0.1) is 39.6 Å². The maximum Gasteiger partial charge on any atom is 0.159 e. The lowest BCUT2D eigenvalue weighted by Gasteiger charge is -2.07. The van der Waals surface area contributed by atoms with E-state index in [-0.39, 0.29) is 0 Å². The predicted molar refractivity (Wildman–Crippen MR) is 113 cm³/mol. The molecule has 0 radical (unpaired) electrons. The third kappa shape index (κ3) is 2.89. The molecule has 6 nitrogen and oxygen atoms in total. The van der Waals surface area contributed by atoms with Crippen LogP contribution in [0.1, 0.15) is 5.56 Å². The van der Waals surface area contributed by atoms with Gasteiger partial charge >= 0.3 is 0 Å². The van der Waals surface area contributed by atoms with Gasteiger partial charge in [-0.3, -0.25) is 0 Å². The summed E-state index contributed by atoms with van der Waals surface area (Å²) >= 11 is 1.64. The minimum absolute atomic E-state index is 0.619. The highest BCUT2D eigenvalue weighted by Crippen LogP contribution is 2.28. The van der Waals surface area contributed by atoms with Crippen LogP contribution in [-0.4, -0.2) is 38.2 Å². The summed E-state index contributed by atoms with van der Waals surface area (Å²) in [6, 6.07) is 12.5. The molecule has 0 fully saturated rings. The quantitative estimate of drug-likeness (QED) is 0.475. The minimum Gasteiger partial charge on any atom is -0.383 e. The number of benzene rings is 2. The minimum atomic E-state index is 0.619. The van der Waals surface area contributed by atoms with Gasteiger partial charge in [0, 0.05) is 19.2 Å². The number of methoxy groups -OCH3 is 1. The molecule has 0 saturated carbocycles. The van der Waals surface area contributed by atoms with Gasteiger partial charge in [-0.2, -0.15) is 0 Å². The molecule has 3 heterocycles. The second-order valence-corrected chi connectivity index (χ2v) is 7.64. The van der Waals surface area contributed by atoms with Gasteiger partial charge in [-0.15, -0.1) is 11.3 Å². The first-order chi connectivity index (χ1) is 13.7. The third-order valence-corrected chi connectivity index (χ3v) is 5.65. The molecule has 28 heavy (non-hydrogen) atoms. The van der Waals surface area contributed by atoms with Crippen molar-refractivity contribution in [2.75, 3.05) is 13.7 Å². The summed E-state index contributed by atoms with van der Waals surface area (Å²) in [5, 5.41) is 0. The number of aromatic amines is 1. The Kier molecular flexibility index (Phi) is 4.18. The van der Waals surface area contributed by atoms with Gasteiger partial charge in [0.15, 0.2) is 5.82 Å². The van der Waals surface area contributed by atoms with Crippen LogP contribution >= 0.6 is 11.3 Å². The van der Waals surface area contributed by atoms with Crippen LogP contribution in [0, 0.1) is 6.92 Å². The second kappa shape index (κ2) is 6.85. The molecule has 0 aliphatic rings. The smallest absolute Gasteiger partial charge is 0.159 e. The van der Waals surface area contributed by atoms with Crippen molar-refractivity contribution >= 4 is 32.6 Å². The van der Waals surface area contributed by atoms with Gasteiger partial charge in [-0.05, 0) is 42.8 Å². The summed E-state index contributed by atoms with van der Waals surface area (Å²) in [4.78, 5) is 17.3. The van der Waals surface area contributed by atoms with Gasteiger partial charge < -0.3 is 14.3 Å². The topological polar surface area (TPSA) is 68.6 Å². The van der Waals surface area contributed by atoms with Crippen LogP contribution in [0.25, 0.3) is 44.2 Å². The van der Waals surface area contributed by atoms with E-state index in [0.29, 0.717) is 6.61 Å². The van der Waals surface area contributed by atoms with Crippen molar-refractivity contribution in [3.05, 3.63) is 53.7 Å². The maximum absolute atomic E-state index is 5.31. The Bertz CT molecular complexity index is 1280. The van der Waals surface area contributed by atoms with Crippen LogP contribution in [0.2, 0.25) is 0 Å². The molecule has 0 aliphatic carbocycles. The van der Waals surface area contributed by atoms with Crippen molar-refractivity contribution in [2.24, 2.45) is 0 Å². The first-order valence-corrected chi connectivity index (χ1v) is 9.96. The van der Waals surface area contributed by atoms with Gasteiger partial charge in [0.2, 0.25) is 0 Å². The first kappa shape index (κ1) is 17.1. The van der Waals surface area contributed by atoms with Crippen molar-refractivity contribution in [1.29, 1.82) is 0 Å². The molecule has 0 bridgehead atoms. The standard InChI is InChI=1S/C21H19N5OS/c1-13-3-5-18-15(9-13)25-21(26(18)7-8-27-2)17-11-22-20(24-17)14-4-6-19-16(10-14)23-12-28-19/h3-6,9-12H,7-8H2,1-2H3,(H,22,24). The van der Waals surface area contributed by atoms with Gasteiger partial charge in [0.25, 0.3) is 0 Å². The van der Waals surface area contributed by atoms with Crippen molar-refractivity contribution < 1.29 is 4.74 Å². The van der Waals surface area contributed by atoms with Crippen molar-refractivity contribution in [2.45, 2.75) is 13.5 Å². The molecule has 0 amide bonds. The summed E-state index contributed by atoms with van der Waals surface area (Å²) in [5.41, 5.74) is 8.02. The summed E-state index contributed by atoms with van der Waals surface area (Å²) in [6.45, 7) is 3.43. The number of thiazole rings is 1. The van der Waals surface area contributed by atoms with Crippen molar-refractivity contribution in [1.82, 2.24) is 24.5 Å². The molecule has 2 aromatic carbocycles. The summed E-state index contributed by atoms with van der Waals surface area (Å²) in [6.07, 6.45) is 1.85. The molecule has 140 valence electrons. The fourth-order valence-electron chi connectivity index (χ4n) is 3.44. The average molecular weight is 389 g/mol. The van der Waals surface area contributed by atoms with Crippen LogP contribution in [0.15, 0.2) is 48.1 Å². The van der Waals surface area contributed by atoms with E-state index in [2.05, 4.69) is 62.8 Å². The molecule has 1 N–H and O–H groups in total. The van der Waals surface area contributed by atoms with Crippen LogP contribution in [0.5, 0.6) is 0 Å². The largest absolute Gasteiger partial charge is 0.383 e. The maximum atomic E-state index is 5.31. The Morgan fingerprint density at radius 1 is 1.11 bits per heavy atom. The molecule has 0 unspecified atom stereocenters. The highest BCUT2D eigenvalue weighted by molar-refractivity contribution is 7.16. The zero-order valence-electron chi connectivity index (χ0n) is 15.6. The lowest BCUT2D eigenvalue weighted by Crippen LogP contribution is -2.06. The molecule has 0 spiro atoms. The van der Waals surface area contributed by atoms with Gasteiger partial charge in [-0.1, -0.05) is 6.07 Å². The number of fused-ring (bicyclic) bond motifs is 2. The van der Waals surface area contributed by atoms with Crippen LogP contribution < -0.4 is 0 Å². The molecular weight excluding hydrogens is 370 g/mol. The van der Waals surface area contributed by atoms with Gasteiger partial charge in [-0.25, -0.2) is 15.0 Å². The molecule has 7 heteroatoms. The number of ether oxygens (including phenoxy) is 1. The fraction of sp³-hybridized carbons (Fsp3) is 0.190. The average Bonchev–Trinajstić information content (AvgIpc) is 3.43. The first-order valence-electron chi connectivity index (χ1n) is 9.08. The monoisotopic (exact) mass is 389 g/mol. The number of hydrogen-bond acceptors (Lipinski definition) is 5.